The Hall–Kier alpha value is -1.09. The number of hydrogen-bond donors (Lipinski definition) is 1. The SMILES string of the molecule is CCNCc1ccc(N(C)C2CCC(CC)CC2)c(F)c1. The Morgan fingerprint density at radius 2 is 1.90 bits per heavy atom. The van der Waals surface area contributed by atoms with E-state index in [0.29, 0.717) is 6.04 Å². The average molecular weight is 292 g/mol. The van der Waals surface area contributed by atoms with Crippen molar-refractivity contribution in [1.82, 2.24) is 5.32 Å². The number of hydrogen-bond acceptors (Lipinski definition) is 2. The molecule has 0 heterocycles. The zero-order chi connectivity index (χ0) is 15.2. The van der Waals surface area contributed by atoms with Crippen LogP contribution in [0.3, 0.4) is 0 Å². The van der Waals surface area contributed by atoms with E-state index in [1.54, 1.807) is 6.07 Å². The lowest BCUT2D eigenvalue weighted by Gasteiger charge is -2.36. The monoisotopic (exact) mass is 292 g/mol. The van der Waals surface area contributed by atoms with Crippen LogP contribution in [0.25, 0.3) is 0 Å². The molecule has 1 aromatic carbocycles. The van der Waals surface area contributed by atoms with E-state index < -0.39 is 0 Å². The lowest BCUT2D eigenvalue weighted by Crippen LogP contribution is -2.35. The summed E-state index contributed by atoms with van der Waals surface area (Å²) < 4.78 is 14.4. The quantitative estimate of drug-likeness (QED) is 0.839. The first-order valence-electron chi connectivity index (χ1n) is 8.37. The number of halogens is 1. The Morgan fingerprint density at radius 3 is 2.48 bits per heavy atom. The van der Waals surface area contributed by atoms with E-state index in [2.05, 4.69) is 24.1 Å². The molecule has 0 spiro atoms. The summed E-state index contributed by atoms with van der Waals surface area (Å²) in [6.07, 6.45) is 6.22. The van der Waals surface area contributed by atoms with Gasteiger partial charge in [0.25, 0.3) is 0 Å². The Morgan fingerprint density at radius 1 is 1.19 bits per heavy atom. The van der Waals surface area contributed by atoms with Crippen LogP contribution in [0.15, 0.2) is 18.2 Å². The third kappa shape index (κ3) is 4.19. The molecular formula is C18H29FN2. The molecule has 1 fully saturated rings. The Kier molecular flexibility index (Phi) is 6.04. The maximum atomic E-state index is 14.4. The summed E-state index contributed by atoms with van der Waals surface area (Å²) in [6.45, 7) is 5.98. The molecule has 21 heavy (non-hydrogen) atoms. The highest BCUT2D eigenvalue weighted by Crippen LogP contribution is 2.32. The van der Waals surface area contributed by atoms with Gasteiger partial charge in [0.2, 0.25) is 0 Å². The van der Waals surface area contributed by atoms with Crippen LogP contribution < -0.4 is 10.2 Å². The largest absolute Gasteiger partial charge is 0.369 e. The third-order valence-electron chi connectivity index (χ3n) is 4.91. The molecule has 118 valence electrons. The highest BCUT2D eigenvalue weighted by molar-refractivity contribution is 5.49. The summed E-state index contributed by atoms with van der Waals surface area (Å²) in [6, 6.07) is 6.14. The molecule has 3 heteroatoms. The molecule has 0 atom stereocenters. The lowest BCUT2D eigenvalue weighted by molar-refractivity contribution is 0.312. The van der Waals surface area contributed by atoms with E-state index in [0.717, 1.165) is 30.3 Å². The average Bonchev–Trinajstić information content (AvgIpc) is 2.52. The molecule has 0 aliphatic heterocycles. The van der Waals surface area contributed by atoms with Crippen LogP contribution in [0, 0.1) is 11.7 Å². The smallest absolute Gasteiger partial charge is 0.146 e. The standard InChI is InChI=1S/C18H29FN2/c1-4-14-6-9-16(10-7-14)21(3)18-11-8-15(12-17(18)19)13-20-5-2/h8,11-12,14,16,20H,4-7,9-10,13H2,1-3H3. The van der Waals surface area contributed by atoms with Gasteiger partial charge in [0, 0.05) is 19.6 Å². The topological polar surface area (TPSA) is 15.3 Å². The molecule has 2 rings (SSSR count). The van der Waals surface area contributed by atoms with E-state index in [-0.39, 0.29) is 5.82 Å². The Bertz CT molecular complexity index is 439. The molecule has 1 saturated carbocycles. The number of nitrogens with zero attached hydrogens (tertiary/aromatic N) is 1. The first kappa shape index (κ1) is 16.3. The second-order valence-electron chi connectivity index (χ2n) is 6.26. The highest BCUT2D eigenvalue weighted by Gasteiger charge is 2.24. The molecule has 1 aromatic rings. The van der Waals surface area contributed by atoms with E-state index in [1.165, 1.54) is 32.1 Å². The van der Waals surface area contributed by atoms with Gasteiger partial charge in [-0.1, -0.05) is 26.3 Å². The van der Waals surface area contributed by atoms with Gasteiger partial charge >= 0.3 is 0 Å². The van der Waals surface area contributed by atoms with Crippen molar-refractivity contribution in [2.24, 2.45) is 5.92 Å². The predicted molar refractivity (Wildman–Crippen MR) is 88.2 cm³/mol. The van der Waals surface area contributed by atoms with Crippen LogP contribution in [0.5, 0.6) is 0 Å². The van der Waals surface area contributed by atoms with E-state index in [4.69, 9.17) is 0 Å². The van der Waals surface area contributed by atoms with Crippen molar-refractivity contribution in [3.05, 3.63) is 29.6 Å². The van der Waals surface area contributed by atoms with Crippen LogP contribution in [-0.2, 0) is 6.54 Å². The molecule has 0 saturated heterocycles. The van der Waals surface area contributed by atoms with Crippen molar-refractivity contribution in [2.45, 2.75) is 58.5 Å². The van der Waals surface area contributed by atoms with Gasteiger partial charge in [-0.05, 0) is 55.8 Å². The fraction of sp³-hybridized carbons (Fsp3) is 0.667. The van der Waals surface area contributed by atoms with Gasteiger partial charge in [-0.2, -0.15) is 0 Å². The first-order chi connectivity index (χ1) is 10.2. The first-order valence-corrected chi connectivity index (χ1v) is 8.37. The molecule has 0 bridgehead atoms. The molecular weight excluding hydrogens is 263 g/mol. The number of rotatable bonds is 6. The van der Waals surface area contributed by atoms with Crippen molar-refractivity contribution in [2.75, 3.05) is 18.5 Å². The van der Waals surface area contributed by atoms with Crippen LogP contribution >= 0.6 is 0 Å². The summed E-state index contributed by atoms with van der Waals surface area (Å²) in [5.41, 5.74) is 1.76. The lowest BCUT2D eigenvalue weighted by atomic mass is 9.84. The molecule has 0 radical (unpaired) electrons. The summed E-state index contributed by atoms with van der Waals surface area (Å²) in [4.78, 5) is 2.15. The van der Waals surface area contributed by atoms with Gasteiger partial charge in [0.15, 0.2) is 0 Å². The van der Waals surface area contributed by atoms with E-state index in [1.807, 2.05) is 19.2 Å². The van der Waals surface area contributed by atoms with Crippen LogP contribution in [0.1, 0.15) is 51.5 Å². The Labute approximate surface area is 128 Å². The molecule has 0 aromatic heterocycles. The summed E-state index contributed by atoms with van der Waals surface area (Å²) in [5.74, 6) is 0.785. The number of anilines is 1. The van der Waals surface area contributed by atoms with Crippen molar-refractivity contribution in [3.8, 4) is 0 Å². The maximum absolute atomic E-state index is 14.4. The zero-order valence-electron chi connectivity index (χ0n) is 13.7. The zero-order valence-corrected chi connectivity index (χ0v) is 13.7. The van der Waals surface area contributed by atoms with Gasteiger partial charge in [0.05, 0.1) is 5.69 Å². The fourth-order valence-electron chi connectivity index (χ4n) is 3.35. The number of nitrogens with one attached hydrogen (secondary N) is 1. The molecule has 2 nitrogen and oxygen atoms in total. The Balaban J connectivity index is 2.00. The van der Waals surface area contributed by atoms with Crippen LogP contribution in [0.2, 0.25) is 0 Å². The molecule has 1 aliphatic carbocycles. The minimum atomic E-state index is -0.0921. The predicted octanol–water partition coefficient (Wildman–Crippen LogP) is 4.34. The van der Waals surface area contributed by atoms with Gasteiger partial charge in [0.1, 0.15) is 5.82 Å². The normalized spacial score (nSPS) is 22.3. The molecule has 0 amide bonds. The van der Waals surface area contributed by atoms with Crippen molar-refractivity contribution >= 4 is 5.69 Å². The van der Waals surface area contributed by atoms with Gasteiger partial charge in [-0.15, -0.1) is 0 Å². The van der Waals surface area contributed by atoms with E-state index in [9.17, 15) is 4.39 Å². The van der Waals surface area contributed by atoms with Crippen molar-refractivity contribution < 1.29 is 4.39 Å². The highest BCUT2D eigenvalue weighted by atomic mass is 19.1. The number of benzene rings is 1. The van der Waals surface area contributed by atoms with Crippen molar-refractivity contribution in [3.63, 3.8) is 0 Å². The summed E-state index contributed by atoms with van der Waals surface area (Å²) in [5, 5.41) is 3.23. The minimum absolute atomic E-state index is 0.0921. The van der Waals surface area contributed by atoms with Crippen molar-refractivity contribution in [1.29, 1.82) is 0 Å². The second-order valence-corrected chi connectivity index (χ2v) is 6.26. The van der Waals surface area contributed by atoms with Crippen LogP contribution in [0.4, 0.5) is 10.1 Å². The summed E-state index contributed by atoms with van der Waals surface area (Å²) in [7, 11) is 2.04. The second kappa shape index (κ2) is 7.79. The maximum Gasteiger partial charge on any atom is 0.146 e. The third-order valence-corrected chi connectivity index (χ3v) is 4.91. The molecule has 1 N–H and O–H groups in total. The van der Waals surface area contributed by atoms with Gasteiger partial charge in [-0.3, -0.25) is 0 Å². The van der Waals surface area contributed by atoms with Crippen LogP contribution in [-0.4, -0.2) is 19.6 Å². The fourth-order valence-corrected chi connectivity index (χ4v) is 3.35. The van der Waals surface area contributed by atoms with E-state index >= 15 is 0 Å². The molecule has 1 aliphatic rings. The van der Waals surface area contributed by atoms with Gasteiger partial charge in [-0.25, -0.2) is 4.39 Å². The van der Waals surface area contributed by atoms with Gasteiger partial charge < -0.3 is 10.2 Å². The minimum Gasteiger partial charge on any atom is -0.369 e. The summed E-state index contributed by atoms with van der Waals surface area (Å²) >= 11 is 0. The molecule has 0 unspecified atom stereocenters.